The molecular weight excluding hydrogens is 200 g/mol. The maximum Gasteiger partial charge on any atom is 0.309 e. The van der Waals surface area contributed by atoms with E-state index in [0.29, 0.717) is 0 Å². The van der Waals surface area contributed by atoms with Crippen molar-refractivity contribution in [1.29, 1.82) is 0 Å². The summed E-state index contributed by atoms with van der Waals surface area (Å²) in [4.78, 5) is 35.9. The average Bonchev–Trinajstić information content (AvgIpc) is 1.83. The number of primary amides is 4. The molecule has 0 saturated heterocycles. The average molecular weight is 208 g/mol. The molecule has 0 rings (SSSR count). The van der Waals surface area contributed by atoms with Crippen LogP contribution in [0.1, 0.15) is 0 Å². The lowest BCUT2D eigenvalue weighted by Crippen LogP contribution is -2.42. The van der Waals surface area contributed by atoms with E-state index in [0.717, 1.165) is 0 Å². The normalized spacial score (nSPS) is 6.57. The number of carbonyl (C=O) groups excluding carboxylic acids is 4. The van der Waals surface area contributed by atoms with E-state index in [1.54, 1.807) is 0 Å². The minimum Gasteiger partial charge on any atom is -0.543 e. The van der Waals surface area contributed by atoms with Crippen molar-refractivity contribution in [3.8, 4) is 0 Å². The second-order valence-corrected chi connectivity index (χ2v) is 1.38. The Bertz CT molecular complexity index is 194. The zero-order valence-electron chi connectivity index (χ0n) is 6.76. The summed E-state index contributed by atoms with van der Waals surface area (Å²) in [5, 5.41) is 17.9. The van der Waals surface area contributed by atoms with Crippen LogP contribution in [0, 0.1) is 0 Å². The van der Waals surface area contributed by atoms with Crippen LogP contribution >= 0.6 is 0 Å². The zero-order chi connectivity index (χ0) is 12.3. The minimum atomic E-state index is -2.19. The van der Waals surface area contributed by atoms with Crippen LogP contribution in [-0.2, 0) is 9.59 Å². The quantitative estimate of drug-likeness (QED) is 0.284. The molecule has 10 heteroatoms. The first-order chi connectivity index (χ1) is 6.11. The highest BCUT2D eigenvalue weighted by atomic mass is 16.4. The lowest BCUT2D eigenvalue weighted by molar-refractivity contribution is -0.345. The van der Waals surface area contributed by atoms with Crippen molar-refractivity contribution in [3.05, 3.63) is 0 Å². The Hall–Kier alpha value is -2.52. The molecule has 0 atom stereocenters. The van der Waals surface area contributed by atoms with E-state index in [9.17, 15) is 0 Å². The molecule has 0 aromatic heterocycles. The summed E-state index contributed by atoms with van der Waals surface area (Å²) in [6, 6.07) is -1.67. The number of carbonyl (C=O) groups is 4. The standard InChI is InChI=1S/C2H2O4.2CH4N2O/c3-1(4)2(5)6;2*2-1(3)4/h(H,3,4)(H,5,6);2*(H4,2,3,4)/p-2. The predicted octanol–water partition coefficient (Wildman–Crippen LogP) is -5.47. The van der Waals surface area contributed by atoms with Gasteiger partial charge in [0.15, 0.2) is 0 Å². The number of amides is 4. The van der Waals surface area contributed by atoms with Gasteiger partial charge < -0.3 is 42.7 Å². The van der Waals surface area contributed by atoms with Crippen molar-refractivity contribution in [2.75, 3.05) is 0 Å². The second kappa shape index (κ2) is 10.5. The molecular formula is C4H8N4O6-2. The van der Waals surface area contributed by atoms with Crippen LogP contribution in [0.15, 0.2) is 0 Å². The van der Waals surface area contributed by atoms with Crippen LogP contribution in [0.4, 0.5) is 9.59 Å². The molecule has 4 amide bonds. The predicted molar refractivity (Wildman–Crippen MR) is 37.6 cm³/mol. The highest BCUT2D eigenvalue weighted by Gasteiger charge is 1.75. The smallest absolute Gasteiger partial charge is 0.309 e. The van der Waals surface area contributed by atoms with Gasteiger partial charge in [0.1, 0.15) is 0 Å². The van der Waals surface area contributed by atoms with Crippen molar-refractivity contribution in [3.63, 3.8) is 0 Å². The fraction of sp³-hybridized carbons (Fsp3) is 0. The van der Waals surface area contributed by atoms with Crippen molar-refractivity contribution in [2.24, 2.45) is 22.9 Å². The topological polar surface area (TPSA) is 218 Å². The van der Waals surface area contributed by atoms with Crippen LogP contribution in [0.5, 0.6) is 0 Å². The van der Waals surface area contributed by atoms with E-state index in [1.807, 2.05) is 0 Å². The summed E-state index contributed by atoms with van der Waals surface area (Å²) in [5.74, 6) is -4.37. The number of nitrogens with two attached hydrogens (primary N) is 4. The molecule has 10 nitrogen and oxygen atoms in total. The Morgan fingerprint density at radius 3 is 0.714 bits per heavy atom. The van der Waals surface area contributed by atoms with E-state index in [1.165, 1.54) is 0 Å². The van der Waals surface area contributed by atoms with Gasteiger partial charge in [-0.1, -0.05) is 0 Å². The van der Waals surface area contributed by atoms with E-state index in [4.69, 9.17) is 29.4 Å². The number of hydrogen-bond donors (Lipinski definition) is 4. The molecule has 82 valence electrons. The molecule has 0 aliphatic carbocycles. The SMILES string of the molecule is NC(N)=O.NC(N)=O.O=C([O-])C(=O)[O-]. The maximum atomic E-state index is 9.00. The Kier molecular flexibility index (Phi) is 13.1. The largest absolute Gasteiger partial charge is 0.543 e. The number of aliphatic carboxylic acids is 2. The van der Waals surface area contributed by atoms with Gasteiger partial charge in [-0.15, -0.1) is 0 Å². The molecule has 0 fully saturated rings. The Morgan fingerprint density at radius 2 is 0.714 bits per heavy atom. The molecule has 0 bridgehead atoms. The molecule has 0 aromatic rings. The molecule has 0 radical (unpaired) electrons. The van der Waals surface area contributed by atoms with Gasteiger partial charge in [0, 0.05) is 0 Å². The fourth-order valence-electron chi connectivity index (χ4n) is 0. The zero-order valence-corrected chi connectivity index (χ0v) is 6.76. The number of carboxylic acids is 2. The molecule has 0 spiro atoms. The fourth-order valence-corrected chi connectivity index (χ4v) is 0. The first kappa shape index (κ1) is 17.5. The first-order valence-corrected chi connectivity index (χ1v) is 2.63. The van der Waals surface area contributed by atoms with Crippen LogP contribution in [0.25, 0.3) is 0 Å². The number of hydrogen-bond acceptors (Lipinski definition) is 6. The molecule has 0 aliphatic rings. The van der Waals surface area contributed by atoms with Gasteiger partial charge in [-0.25, -0.2) is 9.59 Å². The van der Waals surface area contributed by atoms with Gasteiger partial charge in [-0.2, -0.15) is 0 Å². The van der Waals surface area contributed by atoms with Gasteiger partial charge in [-0.3, -0.25) is 0 Å². The Balaban J connectivity index is -0.000000135. The maximum absolute atomic E-state index is 9.00. The summed E-state index contributed by atoms with van der Waals surface area (Å²) < 4.78 is 0. The van der Waals surface area contributed by atoms with Gasteiger partial charge >= 0.3 is 12.1 Å². The van der Waals surface area contributed by atoms with E-state index in [-0.39, 0.29) is 0 Å². The number of rotatable bonds is 0. The third-order valence-electron chi connectivity index (χ3n) is 0.167. The molecule has 8 N–H and O–H groups in total. The molecule has 0 unspecified atom stereocenters. The molecule has 14 heavy (non-hydrogen) atoms. The lowest BCUT2D eigenvalue weighted by Gasteiger charge is -1.97. The summed E-state index contributed by atoms with van der Waals surface area (Å²) in [7, 11) is 0. The molecule has 0 heterocycles. The highest BCUT2D eigenvalue weighted by molar-refractivity contribution is 6.25. The van der Waals surface area contributed by atoms with Crippen molar-refractivity contribution in [2.45, 2.75) is 0 Å². The van der Waals surface area contributed by atoms with Crippen molar-refractivity contribution >= 4 is 24.0 Å². The Morgan fingerprint density at radius 1 is 0.643 bits per heavy atom. The first-order valence-electron chi connectivity index (χ1n) is 2.63. The van der Waals surface area contributed by atoms with Gasteiger partial charge in [0.05, 0.1) is 11.9 Å². The van der Waals surface area contributed by atoms with Crippen LogP contribution in [0.2, 0.25) is 0 Å². The third-order valence-corrected chi connectivity index (χ3v) is 0.167. The van der Waals surface area contributed by atoms with Gasteiger partial charge in [0.2, 0.25) is 0 Å². The third kappa shape index (κ3) is 311. The number of carboxylic acid groups (broad SMARTS) is 2. The van der Waals surface area contributed by atoms with E-state index >= 15 is 0 Å². The number of urea groups is 2. The van der Waals surface area contributed by atoms with Crippen LogP contribution in [0.3, 0.4) is 0 Å². The molecule has 0 aliphatic heterocycles. The van der Waals surface area contributed by atoms with Crippen molar-refractivity contribution in [1.82, 2.24) is 0 Å². The lowest BCUT2D eigenvalue weighted by atomic mass is 10.7. The summed E-state index contributed by atoms with van der Waals surface area (Å²) in [6.07, 6.45) is 0. The van der Waals surface area contributed by atoms with Gasteiger partial charge in [0.25, 0.3) is 0 Å². The summed E-state index contributed by atoms with van der Waals surface area (Å²) in [5.41, 5.74) is 17.0. The molecule has 0 aromatic carbocycles. The minimum absolute atomic E-state index is 0.833. The highest BCUT2D eigenvalue weighted by Crippen LogP contribution is 1.41. The van der Waals surface area contributed by atoms with Crippen molar-refractivity contribution < 1.29 is 29.4 Å². The Labute approximate surface area is 77.4 Å². The van der Waals surface area contributed by atoms with Crippen LogP contribution < -0.4 is 33.1 Å². The summed E-state index contributed by atoms with van der Waals surface area (Å²) >= 11 is 0. The molecule has 0 saturated carbocycles. The monoisotopic (exact) mass is 208 g/mol. The van der Waals surface area contributed by atoms with Crippen LogP contribution in [-0.4, -0.2) is 24.0 Å². The second-order valence-electron chi connectivity index (χ2n) is 1.38. The van der Waals surface area contributed by atoms with E-state index in [2.05, 4.69) is 22.9 Å². The summed E-state index contributed by atoms with van der Waals surface area (Å²) in [6.45, 7) is 0. The van der Waals surface area contributed by atoms with Gasteiger partial charge in [-0.05, 0) is 0 Å². The van der Waals surface area contributed by atoms with E-state index < -0.39 is 24.0 Å².